The molecule has 57 heavy (non-hydrogen) atoms. The van der Waals surface area contributed by atoms with E-state index in [9.17, 15) is 0 Å². The van der Waals surface area contributed by atoms with E-state index in [1.165, 1.54) is 27.4 Å². The van der Waals surface area contributed by atoms with E-state index in [4.69, 9.17) is 4.42 Å². The fraction of sp³-hybridized carbons (Fsp3) is 0. The van der Waals surface area contributed by atoms with Gasteiger partial charge in [0, 0.05) is 43.9 Å². The minimum Gasteiger partial charge on any atom is -0.456 e. The molecule has 0 aliphatic heterocycles. The van der Waals surface area contributed by atoms with Crippen LogP contribution in [-0.4, -0.2) is 4.57 Å². The van der Waals surface area contributed by atoms with Crippen molar-refractivity contribution in [2.75, 3.05) is 4.90 Å². The standard InChI is InChI=1S/C54H36N2O/c1-2-17-37(18-3-1)40-19-4-10-26-47(40)55(49-28-12-8-23-44(49)45-25-16-32-53-54(45)46-24-9-15-31-52(46)57-53)39-35-33-38(34-36-39)41-20-5-11-27-48(41)56-50-29-13-6-21-42(50)43-22-7-14-30-51(43)56/h1-36H. The lowest BCUT2D eigenvalue weighted by Gasteiger charge is -2.30. The number of rotatable bonds is 7. The van der Waals surface area contributed by atoms with Gasteiger partial charge in [-0.1, -0.05) is 164 Å². The van der Waals surface area contributed by atoms with Gasteiger partial charge in [0.2, 0.25) is 0 Å². The van der Waals surface area contributed by atoms with Crippen molar-refractivity contribution < 1.29 is 4.42 Å². The molecule has 0 unspecified atom stereocenters. The lowest BCUT2D eigenvalue weighted by Crippen LogP contribution is -2.12. The van der Waals surface area contributed by atoms with Crippen LogP contribution in [0.5, 0.6) is 0 Å². The first-order valence-electron chi connectivity index (χ1n) is 19.4. The average Bonchev–Trinajstić information content (AvgIpc) is 3.84. The zero-order valence-electron chi connectivity index (χ0n) is 31.1. The van der Waals surface area contributed by atoms with Gasteiger partial charge in [0.05, 0.1) is 28.1 Å². The molecule has 0 saturated heterocycles. The van der Waals surface area contributed by atoms with Gasteiger partial charge in [0.25, 0.3) is 0 Å². The predicted octanol–water partition coefficient (Wildman–Crippen LogP) is 15.2. The molecular weight excluding hydrogens is 693 g/mol. The molecule has 11 rings (SSSR count). The molecule has 0 radical (unpaired) electrons. The summed E-state index contributed by atoms with van der Waals surface area (Å²) in [6, 6.07) is 78.1. The molecule has 0 saturated carbocycles. The van der Waals surface area contributed by atoms with E-state index in [0.717, 1.165) is 72.5 Å². The highest BCUT2D eigenvalue weighted by Gasteiger charge is 2.23. The number of para-hydroxylation sites is 6. The van der Waals surface area contributed by atoms with Crippen LogP contribution in [0.3, 0.4) is 0 Å². The van der Waals surface area contributed by atoms with Gasteiger partial charge in [-0.05, 0) is 71.3 Å². The van der Waals surface area contributed by atoms with Crippen molar-refractivity contribution in [3.05, 3.63) is 218 Å². The Morgan fingerprint density at radius 3 is 1.58 bits per heavy atom. The molecule has 0 fully saturated rings. The number of benzene rings is 9. The summed E-state index contributed by atoms with van der Waals surface area (Å²) in [7, 11) is 0. The Bertz CT molecular complexity index is 3190. The lowest BCUT2D eigenvalue weighted by atomic mass is 9.95. The zero-order valence-corrected chi connectivity index (χ0v) is 31.1. The van der Waals surface area contributed by atoms with Crippen LogP contribution < -0.4 is 4.90 Å². The molecule has 0 aliphatic carbocycles. The molecule has 9 aromatic carbocycles. The first-order valence-corrected chi connectivity index (χ1v) is 19.4. The number of anilines is 3. The Balaban J connectivity index is 1.11. The van der Waals surface area contributed by atoms with Crippen LogP contribution in [0.25, 0.3) is 82.8 Å². The van der Waals surface area contributed by atoms with E-state index in [2.05, 4.69) is 216 Å². The Morgan fingerprint density at radius 2 is 0.842 bits per heavy atom. The maximum atomic E-state index is 6.38. The lowest BCUT2D eigenvalue weighted by molar-refractivity contribution is 0.669. The first-order chi connectivity index (χ1) is 28.3. The topological polar surface area (TPSA) is 21.3 Å². The molecule has 0 N–H and O–H groups in total. The molecule has 11 aromatic rings. The number of aromatic nitrogens is 1. The maximum Gasteiger partial charge on any atom is 0.136 e. The predicted molar refractivity (Wildman–Crippen MR) is 239 cm³/mol. The van der Waals surface area contributed by atoms with Crippen molar-refractivity contribution >= 4 is 60.8 Å². The van der Waals surface area contributed by atoms with Crippen molar-refractivity contribution in [3.63, 3.8) is 0 Å². The number of nitrogens with zero attached hydrogens (tertiary/aromatic N) is 2. The average molecular weight is 729 g/mol. The molecule has 0 bridgehead atoms. The van der Waals surface area contributed by atoms with E-state index in [-0.39, 0.29) is 0 Å². The second-order valence-electron chi connectivity index (χ2n) is 14.4. The van der Waals surface area contributed by atoms with Gasteiger partial charge in [0.15, 0.2) is 0 Å². The van der Waals surface area contributed by atoms with Gasteiger partial charge in [-0.25, -0.2) is 0 Å². The number of hydrogen-bond donors (Lipinski definition) is 0. The van der Waals surface area contributed by atoms with E-state index < -0.39 is 0 Å². The normalized spacial score (nSPS) is 11.5. The quantitative estimate of drug-likeness (QED) is 0.163. The highest BCUT2D eigenvalue weighted by molar-refractivity contribution is 6.14. The van der Waals surface area contributed by atoms with Crippen LogP contribution in [0.1, 0.15) is 0 Å². The summed E-state index contributed by atoms with van der Waals surface area (Å²) in [5, 5.41) is 4.74. The van der Waals surface area contributed by atoms with Crippen molar-refractivity contribution in [1.82, 2.24) is 4.57 Å². The Hall–Kier alpha value is -7.62. The van der Waals surface area contributed by atoms with Crippen molar-refractivity contribution in [1.29, 1.82) is 0 Å². The number of fused-ring (bicyclic) bond motifs is 6. The minimum atomic E-state index is 0.881. The monoisotopic (exact) mass is 728 g/mol. The van der Waals surface area contributed by atoms with Crippen LogP contribution in [0.4, 0.5) is 17.1 Å². The second kappa shape index (κ2) is 13.6. The highest BCUT2D eigenvalue weighted by atomic mass is 16.3. The summed E-state index contributed by atoms with van der Waals surface area (Å²) < 4.78 is 8.79. The molecule has 268 valence electrons. The van der Waals surface area contributed by atoms with E-state index in [1.807, 2.05) is 12.1 Å². The van der Waals surface area contributed by atoms with Gasteiger partial charge in [-0.15, -0.1) is 0 Å². The second-order valence-corrected chi connectivity index (χ2v) is 14.4. The van der Waals surface area contributed by atoms with Crippen molar-refractivity contribution in [2.24, 2.45) is 0 Å². The summed E-state index contributed by atoms with van der Waals surface area (Å²) in [6.45, 7) is 0. The number of hydrogen-bond acceptors (Lipinski definition) is 2. The molecule has 0 aliphatic rings. The Labute approximate surface area is 330 Å². The Kier molecular flexibility index (Phi) is 7.82. The summed E-state index contributed by atoms with van der Waals surface area (Å²) >= 11 is 0. The highest BCUT2D eigenvalue weighted by Crippen LogP contribution is 2.47. The minimum absolute atomic E-state index is 0.881. The van der Waals surface area contributed by atoms with Gasteiger partial charge in [-0.3, -0.25) is 0 Å². The smallest absolute Gasteiger partial charge is 0.136 e. The summed E-state index contributed by atoms with van der Waals surface area (Å²) in [5.74, 6) is 0. The fourth-order valence-electron chi connectivity index (χ4n) is 8.72. The van der Waals surface area contributed by atoms with Crippen molar-refractivity contribution in [3.8, 4) is 39.1 Å². The van der Waals surface area contributed by atoms with E-state index >= 15 is 0 Å². The Morgan fingerprint density at radius 1 is 0.333 bits per heavy atom. The van der Waals surface area contributed by atoms with Crippen LogP contribution in [0.2, 0.25) is 0 Å². The van der Waals surface area contributed by atoms with Gasteiger partial charge in [0.1, 0.15) is 11.2 Å². The van der Waals surface area contributed by atoms with E-state index in [1.54, 1.807) is 0 Å². The molecule has 0 spiro atoms. The third-order valence-electron chi connectivity index (χ3n) is 11.2. The largest absolute Gasteiger partial charge is 0.456 e. The summed E-state index contributed by atoms with van der Waals surface area (Å²) in [6.07, 6.45) is 0. The van der Waals surface area contributed by atoms with Crippen molar-refractivity contribution in [2.45, 2.75) is 0 Å². The van der Waals surface area contributed by atoms with Crippen LogP contribution in [0.15, 0.2) is 223 Å². The molecular formula is C54H36N2O. The maximum absolute atomic E-state index is 6.38. The molecule has 0 atom stereocenters. The first kappa shape index (κ1) is 32.8. The van der Waals surface area contributed by atoms with Gasteiger partial charge < -0.3 is 13.9 Å². The van der Waals surface area contributed by atoms with E-state index in [0.29, 0.717) is 0 Å². The third-order valence-corrected chi connectivity index (χ3v) is 11.2. The molecule has 2 heterocycles. The zero-order chi connectivity index (χ0) is 37.7. The molecule has 2 aromatic heterocycles. The van der Waals surface area contributed by atoms with Gasteiger partial charge in [-0.2, -0.15) is 0 Å². The van der Waals surface area contributed by atoms with Gasteiger partial charge >= 0.3 is 0 Å². The summed E-state index contributed by atoms with van der Waals surface area (Å²) in [5.41, 5.74) is 15.4. The SMILES string of the molecule is c1ccc(-c2ccccc2N(c2ccc(-c3ccccc3-n3c4ccccc4c4ccccc43)cc2)c2ccccc2-c2cccc3oc4ccccc4c23)cc1. The summed E-state index contributed by atoms with van der Waals surface area (Å²) in [4.78, 5) is 2.42. The van der Waals surface area contributed by atoms with Crippen LogP contribution in [0, 0.1) is 0 Å². The molecule has 0 amide bonds. The fourth-order valence-corrected chi connectivity index (χ4v) is 8.72. The number of furan rings is 1. The van der Waals surface area contributed by atoms with Crippen LogP contribution in [-0.2, 0) is 0 Å². The molecule has 3 heteroatoms. The van der Waals surface area contributed by atoms with Crippen LogP contribution >= 0.6 is 0 Å². The molecule has 3 nitrogen and oxygen atoms in total. The third kappa shape index (κ3) is 5.43.